The fourth-order valence-electron chi connectivity index (χ4n) is 1.39. The predicted molar refractivity (Wildman–Crippen MR) is 56.0 cm³/mol. The second-order valence-electron chi connectivity index (χ2n) is 3.37. The summed E-state index contributed by atoms with van der Waals surface area (Å²) in [6.07, 6.45) is 5.76. The molecule has 0 saturated heterocycles. The third-order valence-corrected chi connectivity index (χ3v) is 1.97. The SMILES string of the molecule is C=C1/C=C\c2cc(C)oc2O/C(C)=C\1. The summed E-state index contributed by atoms with van der Waals surface area (Å²) in [5.41, 5.74) is 1.88. The molecule has 0 N–H and O–H groups in total. The van der Waals surface area contributed by atoms with Gasteiger partial charge in [-0.25, -0.2) is 0 Å². The Morgan fingerprint density at radius 2 is 2.00 bits per heavy atom. The van der Waals surface area contributed by atoms with E-state index < -0.39 is 0 Å². The Kier molecular flexibility index (Phi) is 2.04. The van der Waals surface area contributed by atoms with Crippen LogP contribution in [0.1, 0.15) is 18.2 Å². The summed E-state index contributed by atoms with van der Waals surface area (Å²) in [6, 6.07) is 1.94. The molecule has 2 heteroatoms. The Balaban J connectivity index is 2.50. The van der Waals surface area contributed by atoms with Gasteiger partial charge in [-0.15, -0.1) is 0 Å². The monoisotopic (exact) mass is 188 g/mol. The van der Waals surface area contributed by atoms with Crippen LogP contribution in [0.15, 0.2) is 40.5 Å². The first-order valence-corrected chi connectivity index (χ1v) is 4.49. The Hall–Kier alpha value is -1.70. The molecule has 0 saturated carbocycles. The van der Waals surface area contributed by atoms with Gasteiger partial charge in [0.15, 0.2) is 0 Å². The minimum absolute atomic E-state index is 0.556. The zero-order valence-corrected chi connectivity index (χ0v) is 8.33. The number of furan rings is 1. The molecule has 2 nitrogen and oxygen atoms in total. The van der Waals surface area contributed by atoms with E-state index in [1.807, 2.05) is 38.1 Å². The lowest BCUT2D eigenvalue weighted by molar-refractivity contribution is 0.308. The number of hydrogen-bond acceptors (Lipinski definition) is 2. The molecule has 2 rings (SSSR count). The molecule has 1 aliphatic heterocycles. The first-order chi connectivity index (χ1) is 6.65. The van der Waals surface area contributed by atoms with Crippen LogP contribution in [-0.2, 0) is 0 Å². The maximum absolute atomic E-state index is 5.51. The Morgan fingerprint density at radius 1 is 1.21 bits per heavy atom. The van der Waals surface area contributed by atoms with Crippen LogP contribution in [0.3, 0.4) is 0 Å². The lowest BCUT2D eigenvalue weighted by Gasteiger charge is -2.06. The molecule has 1 aromatic rings. The van der Waals surface area contributed by atoms with Crippen molar-refractivity contribution in [2.45, 2.75) is 13.8 Å². The molecule has 0 unspecified atom stereocenters. The topological polar surface area (TPSA) is 22.4 Å². The molecule has 0 aromatic carbocycles. The number of aryl methyl sites for hydroxylation is 1. The second kappa shape index (κ2) is 3.22. The summed E-state index contributed by atoms with van der Waals surface area (Å²) in [5, 5.41) is 0. The molecule has 14 heavy (non-hydrogen) atoms. The lowest BCUT2D eigenvalue weighted by Crippen LogP contribution is -1.93. The van der Waals surface area contributed by atoms with Gasteiger partial charge < -0.3 is 9.15 Å². The van der Waals surface area contributed by atoms with Crippen molar-refractivity contribution in [3.63, 3.8) is 0 Å². The number of hydrogen-bond donors (Lipinski definition) is 0. The van der Waals surface area contributed by atoms with Crippen LogP contribution in [0.2, 0.25) is 0 Å². The van der Waals surface area contributed by atoms with E-state index in [2.05, 4.69) is 6.58 Å². The first-order valence-electron chi connectivity index (χ1n) is 4.49. The van der Waals surface area contributed by atoms with E-state index in [1.54, 1.807) is 0 Å². The van der Waals surface area contributed by atoms with Crippen LogP contribution in [0, 0.1) is 6.92 Å². The molecule has 1 aliphatic rings. The highest BCUT2D eigenvalue weighted by Crippen LogP contribution is 2.28. The molecule has 0 bridgehead atoms. The van der Waals surface area contributed by atoms with E-state index in [4.69, 9.17) is 9.15 Å². The Bertz CT molecular complexity index is 433. The highest BCUT2D eigenvalue weighted by atomic mass is 16.6. The molecule has 0 radical (unpaired) electrons. The summed E-state index contributed by atoms with van der Waals surface area (Å²) in [5.74, 6) is 2.19. The van der Waals surface area contributed by atoms with Gasteiger partial charge in [-0.1, -0.05) is 12.7 Å². The van der Waals surface area contributed by atoms with Gasteiger partial charge >= 0.3 is 0 Å². The van der Waals surface area contributed by atoms with E-state index in [-0.39, 0.29) is 0 Å². The summed E-state index contributed by atoms with van der Waals surface area (Å²) in [7, 11) is 0. The van der Waals surface area contributed by atoms with Gasteiger partial charge in [0.25, 0.3) is 5.95 Å². The normalized spacial score (nSPS) is 21.3. The lowest BCUT2D eigenvalue weighted by atomic mass is 10.2. The van der Waals surface area contributed by atoms with E-state index in [9.17, 15) is 0 Å². The standard InChI is InChI=1S/C12H12O2/c1-8-4-5-11-7-10(3)14-12(11)13-9(2)6-8/h4-7H,1H2,2-3H3/b5-4-,9-6-. The van der Waals surface area contributed by atoms with Crippen molar-refractivity contribution in [3.05, 3.63) is 47.5 Å². The van der Waals surface area contributed by atoms with Crippen molar-refractivity contribution < 1.29 is 9.15 Å². The average molecular weight is 188 g/mol. The van der Waals surface area contributed by atoms with Gasteiger partial charge in [-0.2, -0.15) is 0 Å². The molecule has 0 amide bonds. The summed E-state index contributed by atoms with van der Waals surface area (Å²) >= 11 is 0. The van der Waals surface area contributed by atoms with Crippen molar-refractivity contribution in [2.24, 2.45) is 0 Å². The average Bonchev–Trinajstić information content (AvgIpc) is 2.40. The number of fused-ring (bicyclic) bond motifs is 1. The highest BCUT2D eigenvalue weighted by Gasteiger charge is 2.10. The van der Waals surface area contributed by atoms with E-state index in [1.165, 1.54) is 0 Å². The largest absolute Gasteiger partial charge is 0.430 e. The molecule has 1 aromatic heterocycles. The van der Waals surface area contributed by atoms with Crippen LogP contribution in [0.25, 0.3) is 6.08 Å². The van der Waals surface area contributed by atoms with E-state index in [0.717, 1.165) is 22.7 Å². The number of ether oxygens (including phenoxy) is 1. The molecule has 0 fully saturated rings. The maximum atomic E-state index is 5.51. The van der Waals surface area contributed by atoms with Crippen LogP contribution in [0.4, 0.5) is 0 Å². The van der Waals surface area contributed by atoms with Gasteiger partial charge in [-0.05, 0) is 37.6 Å². The molecule has 0 spiro atoms. The highest BCUT2D eigenvalue weighted by molar-refractivity contribution is 5.59. The van der Waals surface area contributed by atoms with Crippen LogP contribution in [0.5, 0.6) is 5.95 Å². The van der Waals surface area contributed by atoms with Crippen LogP contribution >= 0.6 is 0 Å². The van der Waals surface area contributed by atoms with Gasteiger partial charge in [0.05, 0.1) is 5.56 Å². The van der Waals surface area contributed by atoms with Gasteiger partial charge in [0.2, 0.25) is 0 Å². The van der Waals surface area contributed by atoms with Crippen molar-refractivity contribution >= 4 is 6.08 Å². The van der Waals surface area contributed by atoms with Crippen LogP contribution in [-0.4, -0.2) is 0 Å². The van der Waals surface area contributed by atoms with Crippen molar-refractivity contribution in [2.75, 3.05) is 0 Å². The minimum atomic E-state index is 0.556. The number of allylic oxidation sites excluding steroid dienone is 4. The zero-order chi connectivity index (χ0) is 10.1. The quantitative estimate of drug-likeness (QED) is 0.622. The fraction of sp³-hybridized carbons (Fsp3) is 0.167. The van der Waals surface area contributed by atoms with Crippen molar-refractivity contribution in [1.29, 1.82) is 0 Å². The van der Waals surface area contributed by atoms with E-state index in [0.29, 0.717) is 5.95 Å². The summed E-state index contributed by atoms with van der Waals surface area (Å²) in [6.45, 7) is 7.65. The minimum Gasteiger partial charge on any atom is -0.430 e. The van der Waals surface area contributed by atoms with Crippen LogP contribution < -0.4 is 4.74 Å². The summed E-state index contributed by atoms with van der Waals surface area (Å²) in [4.78, 5) is 0. The Labute approximate surface area is 83.2 Å². The van der Waals surface area contributed by atoms with Crippen molar-refractivity contribution in [3.8, 4) is 5.95 Å². The smallest absolute Gasteiger partial charge is 0.297 e. The third kappa shape index (κ3) is 1.64. The third-order valence-electron chi connectivity index (χ3n) is 1.97. The molecule has 0 atom stereocenters. The van der Waals surface area contributed by atoms with Gasteiger partial charge in [-0.3, -0.25) is 0 Å². The second-order valence-corrected chi connectivity index (χ2v) is 3.37. The molecular weight excluding hydrogens is 176 g/mol. The maximum Gasteiger partial charge on any atom is 0.297 e. The molecule has 72 valence electrons. The molecular formula is C12H12O2. The molecule has 2 heterocycles. The van der Waals surface area contributed by atoms with Gasteiger partial charge in [0.1, 0.15) is 11.5 Å². The first kappa shape index (κ1) is 8.88. The number of rotatable bonds is 0. The summed E-state index contributed by atoms with van der Waals surface area (Å²) < 4.78 is 10.9. The van der Waals surface area contributed by atoms with Crippen molar-refractivity contribution in [1.82, 2.24) is 0 Å². The molecule has 0 aliphatic carbocycles. The fourth-order valence-corrected chi connectivity index (χ4v) is 1.39. The Morgan fingerprint density at radius 3 is 2.79 bits per heavy atom. The zero-order valence-electron chi connectivity index (χ0n) is 8.33. The van der Waals surface area contributed by atoms with Gasteiger partial charge in [0, 0.05) is 0 Å². The predicted octanol–water partition coefficient (Wildman–Crippen LogP) is 3.45. The van der Waals surface area contributed by atoms with E-state index >= 15 is 0 Å².